The summed E-state index contributed by atoms with van der Waals surface area (Å²) in [6.07, 6.45) is 2.87. The molecule has 1 aliphatic rings. The summed E-state index contributed by atoms with van der Waals surface area (Å²) in [5.41, 5.74) is 5.62. The molecule has 2 rings (SSSR count). The highest BCUT2D eigenvalue weighted by Gasteiger charge is 2.33. The Hall–Kier alpha value is -1.35. The van der Waals surface area contributed by atoms with Crippen LogP contribution in [0.1, 0.15) is 12.6 Å². The van der Waals surface area contributed by atoms with Gasteiger partial charge in [-0.3, -0.25) is 5.41 Å². The molecule has 2 heterocycles. The van der Waals surface area contributed by atoms with Gasteiger partial charge in [0.2, 0.25) is 0 Å². The fraction of sp³-hybridized carbons (Fsp3) is 0.545. The van der Waals surface area contributed by atoms with Crippen LogP contribution in [0, 0.1) is 5.41 Å². The Kier molecular flexibility index (Phi) is 4.48. The Labute approximate surface area is 122 Å². The molecule has 9 heteroatoms. The van der Waals surface area contributed by atoms with Crippen molar-refractivity contribution in [1.82, 2.24) is 9.97 Å². The van der Waals surface area contributed by atoms with E-state index < -0.39 is 15.2 Å². The highest BCUT2D eigenvalue weighted by molar-refractivity contribution is 8.01. The van der Waals surface area contributed by atoms with Crippen LogP contribution in [0.15, 0.2) is 12.4 Å². The van der Waals surface area contributed by atoms with E-state index in [1.54, 1.807) is 23.6 Å². The Morgan fingerprint density at radius 2 is 2.30 bits per heavy atom. The average Bonchev–Trinajstić information content (AvgIpc) is 2.47. The standard InChI is InChI=1S/C11H17N5O2S2/c1-2-20(17,18)10-7-19-4-3-16(10)9-6-14-8(5-15-9)11(12)13/h5-6,10H,2-4,7H2,1H3,(H3,12,13). The molecule has 110 valence electrons. The molecule has 1 aromatic rings. The van der Waals surface area contributed by atoms with Gasteiger partial charge in [-0.1, -0.05) is 6.92 Å². The number of hydrogen-bond donors (Lipinski definition) is 2. The van der Waals surface area contributed by atoms with Gasteiger partial charge in [0.05, 0.1) is 12.4 Å². The maximum atomic E-state index is 12.2. The van der Waals surface area contributed by atoms with Gasteiger partial charge in [-0.25, -0.2) is 18.4 Å². The average molecular weight is 315 g/mol. The summed E-state index contributed by atoms with van der Waals surface area (Å²) in [7, 11) is -3.17. The zero-order chi connectivity index (χ0) is 14.8. The van der Waals surface area contributed by atoms with Crippen molar-refractivity contribution in [3.05, 3.63) is 18.1 Å². The summed E-state index contributed by atoms with van der Waals surface area (Å²) in [5.74, 6) is 1.85. The quantitative estimate of drug-likeness (QED) is 0.597. The SMILES string of the molecule is CCS(=O)(=O)C1CSCCN1c1cnc(C(=N)N)cn1. The number of hydrogen-bond acceptors (Lipinski definition) is 7. The summed E-state index contributed by atoms with van der Waals surface area (Å²) >= 11 is 1.63. The minimum atomic E-state index is -3.17. The summed E-state index contributed by atoms with van der Waals surface area (Å²) in [6, 6.07) is 0. The number of thioether (sulfide) groups is 1. The van der Waals surface area contributed by atoms with Gasteiger partial charge in [0.1, 0.15) is 22.7 Å². The number of nitrogens with zero attached hydrogens (tertiary/aromatic N) is 3. The molecule has 3 N–H and O–H groups in total. The molecule has 1 aliphatic heterocycles. The van der Waals surface area contributed by atoms with E-state index in [4.69, 9.17) is 11.1 Å². The third-order valence-electron chi connectivity index (χ3n) is 3.11. The highest BCUT2D eigenvalue weighted by atomic mass is 32.2. The van der Waals surface area contributed by atoms with E-state index >= 15 is 0 Å². The van der Waals surface area contributed by atoms with Gasteiger partial charge in [0.25, 0.3) is 0 Å². The number of nitrogen functional groups attached to an aromatic ring is 1. The van der Waals surface area contributed by atoms with Crippen LogP contribution in [0.5, 0.6) is 0 Å². The van der Waals surface area contributed by atoms with E-state index in [2.05, 4.69) is 9.97 Å². The first-order chi connectivity index (χ1) is 9.45. The summed E-state index contributed by atoms with van der Waals surface area (Å²) in [5, 5.41) is 6.72. The lowest BCUT2D eigenvalue weighted by atomic mass is 10.4. The van der Waals surface area contributed by atoms with Crippen LogP contribution in [0.25, 0.3) is 0 Å². The first-order valence-electron chi connectivity index (χ1n) is 6.18. The molecule has 1 atom stereocenters. The summed E-state index contributed by atoms with van der Waals surface area (Å²) < 4.78 is 24.3. The van der Waals surface area contributed by atoms with Gasteiger partial charge in [-0.15, -0.1) is 0 Å². The number of nitrogens with two attached hydrogens (primary N) is 1. The second-order valence-corrected chi connectivity index (χ2v) is 7.95. The highest BCUT2D eigenvalue weighted by Crippen LogP contribution is 2.25. The fourth-order valence-electron chi connectivity index (χ4n) is 1.94. The Balaban J connectivity index is 2.30. The zero-order valence-electron chi connectivity index (χ0n) is 11.1. The van der Waals surface area contributed by atoms with Gasteiger partial charge in [-0.05, 0) is 0 Å². The number of amidine groups is 1. The van der Waals surface area contributed by atoms with Crippen molar-refractivity contribution in [2.75, 3.05) is 28.7 Å². The molecule has 1 unspecified atom stereocenters. The second kappa shape index (κ2) is 5.96. The monoisotopic (exact) mass is 315 g/mol. The lowest BCUT2D eigenvalue weighted by molar-refractivity contribution is 0.578. The first-order valence-corrected chi connectivity index (χ1v) is 9.05. The van der Waals surface area contributed by atoms with Gasteiger partial charge < -0.3 is 10.6 Å². The van der Waals surface area contributed by atoms with Crippen molar-refractivity contribution in [2.24, 2.45) is 5.73 Å². The van der Waals surface area contributed by atoms with Crippen LogP contribution in [0.4, 0.5) is 5.82 Å². The van der Waals surface area contributed by atoms with Crippen LogP contribution < -0.4 is 10.6 Å². The van der Waals surface area contributed by atoms with Crippen molar-refractivity contribution in [3.63, 3.8) is 0 Å². The number of sulfone groups is 1. The largest absolute Gasteiger partial charge is 0.382 e. The molecule has 0 spiro atoms. The fourth-order valence-corrected chi connectivity index (χ4v) is 4.92. The van der Waals surface area contributed by atoms with Crippen molar-refractivity contribution < 1.29 is 8.42 Å². The van der Waals surface area contributed by atoms with Gasteiger partial charge in [-0.2, -0.15) is 11.8 Å². The van der Waals surface area contributed by atoms with Gasteiger partial charge >= 0.3 is 0 Å². The van der Waals surface area contributed by atoms with E-state index in [0.717, 1.165) is 5.75 Å². The Morgan fingerprint density at radius 3 is 2.85 bits per heavy atom. The van der Waals surface area contributed by atoms with E-state index in [-0.39, 0.29) is 17.3 Å². The molecule has 0 bridgehead atoms. The number of aromatic nitrogens is 2. The molecule has 1 fully saturated rings. The summed E-state index contributed by atoms with van der Waals surface area (Å²) in [4.78, 5) is 10.0. The van der Waals surface area contributed by atoms with Gasteiger partial charge in [0.15, 0.2) is 9.84 Å². The summed E-state index contributed by atoms with van der Waals surface area (Å²) in [6.45, 7) is 2.26. The number of nitrogens with one attached hydrogen (secondary N) is 1. The third-order valence-corrected chi connectivity index (χ3v) is 6.40. The van der Waals surface area contributed by atoms with Crippen LogP contribution in [0.3, 0.4) is 0 Å². The van der Waals surface area contributed by atoms with Crippen LogP contribution in [-0.2, 0) is 9.84 Å². The molecule has 1 aromatic heterocycles. The van der Waals surface area contributed by atoms with Crippen LogP contribution >= 0.6 is 11.8 Å². The molecule has 7 nitrogen and oxygen atoms in total. The van der Waals surface area contributed by atoms with Gasteiger partial charge in [0, 0.05) is 23.8 Å². The van der Waals surface area contributed by atoms with Crippen molar-refractivity contribution >= 4 is 33.3 Å². The molecule has 0 aromatic carbocycles. The number of anilines is 1. The molecule has 0 radical (unpaired) electrons. The van der Waals surface area contributed by atoms with Crippen LogP contribution in [-0.4, -0.2) is 53.4 Å². The maximum Gasteiger partial charge on any atom is 0.171 e. The molecule has 0 aliphatic carbocycles. The normalized spacial score (nSPS) is 19.9. The molecule has 1 saturated heterocycles. The van der Waals surface area contributed by atoms with E-state index in [9.17, 15) is 8.42 Å². The molecule has 0 saturated carbocycles. The minimum absolute atomic E-state index is 0.105. The molecular formula is C11H17N5O2S2. The minimum Gasteiger partial charge on any atom is -0.382 e. The third kappa shape index (κ3) is 3.04. The van der Waals surface area contributed by atoms with E-state index in [1.165, 1.54) is 12.4 Å². The van der Waals surface area contributed by atoms with Crippen LogP contribution in [0.2, 0.25) is 0 Å². The smallest absolute Gasteiger partial charge is 0.171 e. The Morgan fingerprint density at radius 1 is 1.55 bits per heavy atom. The first kappa shape index (κ1) is 15.0. The topological polar surface area (TPSA) is 113 Å². The van der Waals surface area contributed by atoms with Crippen molar-refractivity contribution in [1.29, 1.82) is 5.41 Å². The molecule has 0 amide bonds. The number of rotatable bonds is 4. The van der Waals surface area contributed by atoms with E-state index in [0.29, 0.717) is 18.1 Å². The predicted molar refractivity (Wildman–Crippen MR) is 81.0 cm³/mol. The zero-order valence-corrected chi connectivity index (χ0v) is 12.7. The lowest BCUT2D eigenvalue weighted by Crippen LogP contribution is -2.48. The van der Waals surface area contributed by atoms with E-state index in [1.807, 2.05) is 0 Å². The molecule has 20 heavy (non-hydrogen) atoms. The predicted octanol–water partition coefficient (Wildman–Crippen LogP) is 0.0747. The van der Waals surface area contributed by atoms with Crippen molar-refractivity contribution in [2.45, 2.75) is 12.3 Å². The second-order valence-electron chi connectivity index (χ2n) is 4.35. The Bertz CT molecular complexity index is 587. The maximum absolute atomic E-state index is 12.2. The van der Waals surface area contributed by atoms with Crippen molar-refractivity contribution in [3.8, 4) is 0 Å². The lowest BCUT2D eigenvalue weighted by Gasteiger charge is -2.35. The molecular weight excluding hydrogens is 298 g/mol.